The number of nitrogens with one attached hydrogen (secondary N) is 2. The fraction of sp³-hybridized carbons (Fsp3) is 0.500. The first kappa shape index (κ1) is 25.9. The first-order valence-electron chi connectivity index (χ1n) is 10.4. The van der Waals surface area contributed by atoms with Crippen molar-refractivity contribution in [1.29, 1.82) is 0 Å². The molecule has 1 aromatic carbocycles. The normalized spacial score (nSPS) is 11.0. The summed E-state index contributed by atoms with van der Waals surface area (Å²) >= 11 is 0. The molecule has 8 heteroatoms. The number of amides is 1. The van der Waals surface area contributed by atoms with Crippen LogP contribution in [0.15, 0.2) is 41.7 Å². The number of rotatable bonds is 10. The van der Waals surface area contributed by atoms with E-state index in [1.54, 1.807) is 0 Å². The number of carbonyl (C=O) groups is 1. The van der Waals surface area contributed by atoms with Gasteiger partial charge in [0.1, 0.15) is 5.82 Å². The second-order valence-electron chi connectivity index (χ2n) is 6.86. The number of aliphatic imine (C=N–C) groups is 1. The summed E-state index contributed by atoms with van der Waals surface area (Å²) in [4.78, 5) is 22.9. The fourth-order valence-corrected chi connectivity index (χ4v) is 3.13. The highest BCUT2D eigenvalue weighted by molar-refractivity contribution is 14.0. The maximum atomic E-state index is 12.1. The van der Waals surface area contributed by atoms with E-state index in [0.717, 1.165) is 43.5 Å². The van der Waals surface area contributed by atoms with Gasteiger partial charge in [0.25, 0.3) is 0 Å². The van der Waals surface area contributed by atoms with Crippen LogP contribution < -0.4 is 10.6 Å². The molecule has 0 saturated carbocycles. The van der Waals surface area contributed by atoms with E-state index in [-0.39, 0.29) is 29.9 Å². The summed E-state index contributed by atoms with van der Waals surface area (Å²) in [6.07, 6.45) is 4.28. The molecule has 0 radical (unpaired) electrons. The molecular formula is C22H35IN6O. The largest absolute Gasteiger partial charge is 0.357 e. The van der Waals surface area contributed by atoms with E-state index in [1.165, 1.54) is 5.56 Å². The number of guanidine groups is 1. The molecule has 166 valence electrons. The van der Waals surface area contributed by atoms with Gasteiger partial charge in [0, 0.05) is 51.5 Å². The third-order valence-electron chi connectivity index (χ3n) is 4.78. The average molecular weight is 526 g/mol. The molecule has 7 nitrogen and oxygen atoms in total. The van der Waals surface area contributed by atoms with Gasteiger partial charge in [-0.3, -0.25) is 4.79 Å². The predicted octanol–water partition coefficient (Wildman–Crippen LogP) is 3.17. The Morgan fingerprint density at radius 3 is 2.53 bits per heavy atom. The van der Waals surface area contributed by atoms with Crippen LogP contribution in [0.25, 0.3) is 0 Å². The molecule has 0 atom stereocenters. The summed E-state index contributed by atoms with van der Waals surface area (Å²) in [6.45, 7) is 12.3. The second kappa shape index (κ2) is 14.0. The molecule has 0 bridgehead atoms. The summed E-state index contributed by atoms with van der Waals surface area (Å²) in [5.74, 6) is 1.91. The standard InChI is InChI=1S/C22H34N6O.HI/c1-5-23-22(25-12-11-21(29)27(6-2)7-3)26-16-19-9-8-10-20(15-19)17-28-14-13-24-18(28)4;/h8-10,13-15H,5-7,11-12,16-17H2,1-4H3,(H2,23,25,26);1H. The molecule has 0 aliphatic carbocycles. The average Bonchev–Trinajstić information content (AvgIpc) is 3.12. The quantitative estimate of drug-likeness (QED) is 0.284. The Morgan fingerprint density at radius 2 is 1.90 bits per heavy atom. The number of carbonyl (C=O) groups excluding carboxylic acids is 1. The highest BCUT2D eigenvalue weighted by atomic mass is 127. The fourth-order valence-electron chi connectivity index (χ4n) is 3.13. The van der Waals surface area contributed by atoms with Crippen molar-refractivity contribution in [2.75, 3.05) is 26.2 Å². The second-order valence-corrected chi connectivity index (χ2v) is 6.86. The van der Waals surface area contributed by atoms with E-state index >= 15 is 0 Å². The van der Waals surface area contributed by atoms with E-state index in [1.807, 2.05) is 45.0 Å². The molecule has 1 aromatic heterocycles. The van der Waals surface area contributed by atoms with Crippen LogP contribution in [-0.4, -0.2) is 52.5 Å². The minimum Gasteiger partial charge on any atom is -0.357 e. The van der Waals surface area contributed by atoms with Gasteiger partial charge in [-0.1, -0.05) is 24.3 Å². The summed E-state index contributed by atoms with van der Waals surface area (Å²) in [6, 6.07) is 8.45. The Kier molecular flexibility index (Phi) is 12.1. The zero-order valence-electron chi connectivity index (χ0n) is 18.5. The molecular weight excluding hydrogens is 491 g/mol. The number of benzene rings is 1. The van der Waals surface area contributed by atoms with Crippen molar-refractivity contribution in [3.8, 4) is 0 Å². The van der Waals surface area contributed by atoms with Crippen LogP contribution >= 0.6 is 24.0 Å². The Hall–Kier alpha value is -2.10. The van der Waals surface area contributed by atoms with Gasteiger partial charge in [-0.05, 0) is 38.8 Å². The maximum Gasteiger partial charge on any atom is 0.224 e. The van der Waals surface area contributed by atoms with Crippen LogP contribution in [0.5, 0.6) is 0 Å². The van der Waals surface area contributed by atoms with E-state index in [0.29, 0.717) is 19.5 Å². The lowest BCUT2D eigenvalue weighted by molar-refractivity contribution is -0.130. The van der Waals surface area contributed by atoms with Gasteiger partial charge < -0.3 is 20.1 Å². The zero-order chi connectivity index (χ0) is 21.1. The van der Waals surface area contributed by atoms with E-state index in [2.05, 4.69) is 49.4 Å². The van der Waals surface area contributed by atoms with Crippen molar-refractivity contribution in [2.24, 2.45) is 4.99 Å². The lowest BCUT2D eigenvalue weighted by Crippen LogP contribution is -2.40. The predicted molar refractivity (Wildman–Crippen MR) is 133 cm³/mol. The smallest absolute Gasteiger partial charge is 0.224 e. The van der Waals surface area contributed by atoms with Gasteiger partial charge in [0.05, 0.1) is 6.54 Å². The Balaban J connectivity index is 0.00000450. The molecule has 0 aliphatic rings. The van der Waals surface area contributed by atoms with Crippen molar-refractivity contribution in [3.05, 3.63) is 53.6 Å². The monoisotopic (exact) mass is 526 g/mol. The highest BCUT2D eigenvalue weighted by Gasteiger charge is 2.09. The summed E-state index contributed by atoms with van der Waals surface area (Å²) in [5, 5.41) is 6.51. The Bertz CT molecular complexity index is 800. The Morgan fingerprint density at radius 1 is 1.17 bits per heavy atom. The van der Waals surface area contributed by atoms with Crippen LogP contribution in [0.2, 0.25) is 0 Å². The molecule has 0 unspecified atom stereocenters. The van der Waals surface area contributed by atoms with Crippen LogP contribution in [0.4, 0.5) is 0 Å². The number of nitrogens with zero attached hydrogens (tertiary/aromatic N) is 4. The minimum absolute atomic E-state index is 0. The zero-order valence-corrected chi connectivity index (χ0v) is 20.8. The molecule has 2 N–H and O–H groups in total. The Labute approximate surface area is 197 Å². The third-order valence-corrected chi connectivity index (χ3v) is 4.78. The lowest BCUT2D eigenvalue weighted by atomic mass is 10.1. The molecule has 0 saturated heterocycles. The summed E-state index contributed by atoms with van der Waals surface area (Å²) in [5.41, 5.74) is 2.37. The summed E-state index contributed by atoms with van der Waals surface area (Å²) in [7, 11) is 0. The number of aryl methyl sites for hydroxylation is 1. The highest BCUT2D eigenvalue weighted by Crippen LogP contribution is 2.09. The number of hydrogen-bond acceptors (Lipinski definition) is 3. The van der Waals surface area contributed by atoms with Crippen molar-refractivity contribution in [3.63, 3.8) is 0 Å². The molecule has 2 aromatic rings. The molecule has 0 aliphatic heterocycles. The number of aromatic nitrogens is 2. The van der Waals surface area contributed by atoms with Gasteiger partial charge in [-0.2, -0.15) is 0 Å². The first-order valence-corrected chi connectivity index (χ1v) is 10.4. The molecule has 30 heavy (non-hydrogen) atoms. The topological polar surface area (TPSA) is 74.5 Å². The molecule has 2 rings (SSSR count). The molecule has 0 fully saturated rings. The SMILES string of the molecule is CCNC(=NCc1cccc(Cn2ccnc2C)c1)NCCC(=O)N(CC)CC.I. The molecule has 0 spiro atoms. The van der Waals surface area contributed by atoms with Gasteiger partial charge in [-0.15, -0.1) is 24.0 Å². The van der Waals surface area contributed by atoms with Crippen molar-refractivity contribution < 1.29 is 4.79 Å². The van der Waals surface area contributed by atoms with Crippen LogP contribution in [-0.2, 0) is 17.9 Å². The van der Waals surface area contributed by atoms with Crippen molar-refractivity contribution in [2.45, 2.75) is 47.2 Å². The first-order chi connectivity index (χ1) is 14.1. The minimum atomic E-state index is 0. The van der Waals surface area contributed by atoms with Gasteiger partial charge in [0.2, 0.25) is 5.91 Å². The van der Waals surface area contributed by atoms with E-state index < -0.39 is 0 Å². The van der Waals surface area contributed by atoms with Crippen LogP contribution in [0.3, 0.4) is 0 Å². The van der Waals surface area contributed by atoms with Crippen molar-refractivity contribution >= 4 is 35.8 Å². The van der Waals surface area contributed by atoms with Gasteiger partial charge >= 0.3 is 0 Å². The summed E-state index contributed by atoms with van der Waals surface area (Å²) < 4.78 is 2.13. The van der Waals surface area contributed by atoms with Gasteiger partial charge in [0.15, 0.2) is 5.96 Å². The maximum absolute atomic E-state index is 12.1. The van der Waals surface area contributed by atoms with Crippen LogP contribution in [0.1, 0.15) is 44.1 Å². The lowest BCUT2D eigenvalue weighted by Gasteiger charge is -2.19. The molecule has 1 heterocycles. The number of halogens is 1. The van der Waals surface area contributed by atoms with Crippen LogP contribution in [0, 0.1) is 6.92 Å². The van der Waals surface area contributed by atoms with E-state index in [9.17, 15) is 4.79 Å². The number of hydrogen-bond donors (Lipinski definition) is 2. The molecule has 1 amide bonds. The van der Waals surface area contributed by atoms with Gasteiger partial charge in [-0.25, -0.2) is 9.98 Å². The van der Waals surface area contributed by atoms with E-state index in [4.69, 9.17) is 0 Å². The van der Waals surface area contributed by atoms with Crippen molar-refractivity contribution in [1.82, 2.24) is 25.1 Å². The third kappa shape index (κ3) is 8.33. The number of imidazole rings is 1.